The van der Waals surface area contributed by atoms with Gasteiger partial charge in [0.25, 0.3) is 11.8 Å². The van der Waals surface area contributed by atoms with Crippen molar-refractivity contribution in [1.29, 1.82) is 0 Å². The number of benzene rings is 1. The molecule has 1 aliphatic heterocycles. The molecule has 2 aliphatic rings. The molecule has 3 rings (SSSR count). The van der Waals surface area contributed by atoms with Crippen molar-refractivity contribution in [3.8, 4) is 0 Å². The summed E-state index contributed by atoms with van der Waals surface area (Å²) < 4.78 is 0. The fraction of sp³-hybridized carbons (Fsp3) is 0.550. The van der Waals surface area contributed by atoms with Crippen molar-refractivity contribution in [3.63, 3.8) is 0 Å². The number of urea groups is 1. The predicted octanol–water partition coefficient (Wildman–Crippen LogP) is 1.94. The zero-order valence-electron chi connectivity index (χ0n) is 16.2. The summed E-state index contributed by atoms with van der Waals surface area (Å²) in [5.74, 6) is -0.0575. The van der Waals surface area contributed by atoms with Crippen LogP contribution in [0.4, 0.5) is 4.79 Å². The molecule has 0 radical (unpaired) electrons. The molecule has 0 aromatic heterocycles. The number of amides is 4. The van der Waals surface area contributed by atoms with E-state index >= 15 is 0 Å². The number of rotatable bonds is 5. The Morgan fingerprint density at radius 1 is 1.30 bits per heavy atom. The Morgan fingerprint density at radius 3 is 2.63 bits per heavy atom. The molecule has 7 nitrogen and oxygen atoms in total. The third-order valence-electron chi connectivity index (χ3n) is 5.78. The Bertz CT molecular complexity index is 733. The molecule has 2 fully saturated rings. The first kappa shape index (κ1) is 19.4. The average Bonchev–Trinajstić information content (AvgIpc) is 2.89. The van der Waals surface area contributed by atoms with E-state index in [1.807, 2.05) is 24.1 Å². The van der Waals surface area contributed by atoms with E-state index in [-0.39, 0.29) is 30.4 Å². The molecule has 2 atom stereocenters. The van der Waals surface area contributed by atoms with Gasteiger partial charge in [-0.3, -0.25) is 14.5 Å². The lowest BCUT2D eigenvalue weighted by atomic mass is 9.73. The molecule has 1 aliphatic carbocycles. The molecule has 0 unspecified atom stereocenters. The van der Waals surface area contributed by atoms with Gasteiger partial charge in [-0.15, -0.1) is 0 Å². The minimum atomic E-state index is -0.717. The topological polar surface area (TPSA) is 81.8 Å². The van der Waals surface area contributed by atoms with Crippen molar-refractivity contribution in [2.75, 3.05) is 20.8 Å². The zero-order valence-corrected chi connectivity index (χ0v) is 16.2. The smallest absolute Gasteiger partial charge is 0.326 e. The predicted molar refractivity (Wildman–Crippen MR) is 102 cm³/mol. The van der Waals surface area contributed by atoms with Crippen LogP contribution in [0, 0.1) is 5.92 Å². The SMILES string of the molecule is CNC(=O)c1ccc(CN(C)CN2C(=O)N[C@]3(CCCC[C@H]3C)C2=O)cc1. The molecule has 1 spiro atoms. The van der Waals surface area contributed by atoms with Crippen LogP contribution in [-0.4, -0.2) is 53.9 Å². The minimum Gasteiger partial charge on any atom is -0.355 e. The van der Waals surface area contributed by atoms with Crippen molar-refractivity contribution in [2.45, 2.75) is 44.7 Å². The van der Waals surface area contributed by atoms with Gasteiger partial charge < -0.3 is 10.6 Å². The maximum absolute atomic E-state index is 13.0. The maximum Gasteiger partial charge on any atom is 0.326 e. The molecule has 0 bridgehead atoms. The molecule has 146 valence electrons. The van der Waals surface area contributed by atoms with Gasteiger partial charge >= 0.3 is 6.03 Å². The van der Waals surface area contributed by atoms with Crippen molar-refractivity contribution in [2.24, 2.45) is 5.92 Å². The molecule has 1 saturated carbocycles. The average molecular weight is 372 g/mol. The van der Waals surface area contributed by atoms with Gasteiger partial charge in [0.2, 0.25) is 0 Å². The van der Waals surface area contributed by atoms with Gasteiger partial charge in [0.05, 0.1) is 6.67 Å². The van der Waals surface area contributed by atoms with Gasteiger partial charge in [-0.1, -0.05) is 31.9 Å². The van der Waals surface area contributed by atoms with Crippen LogP contribution in [0.2, 0.25) is 0 Å². The van der Waals surface area contributed by atoms with Crippen LogP contribution < -0.4 is 10.6 Å². The summed E-state index contributed by atoms with van der Waals surface area (Å²) in [5.41, 5.74) is 0.898. The highest BCUT2D eigenvalue weighted by Gasteiger charge is 2.54. The number of hydrogen-bond donors (Lipinski definition) is 2. The third-order valence-corrected chi connectivity index (χ3v) is 5.78. The Hall–Kier alpha value is -2.41. The Morgan fingerprint density at radius 2 is 2.00 bits per heavy atom. The van der Waals surface area contributed by atoms with Gasteiger partial charge in [0.1, 0.15) is 5.54 Å². The van der Waals surface area contributed by atoms with E-state index in [1.165, 1.54) is 4.90 Å². The highest BCUT2D eigenvalue weighted by atomic mass is 16.2. The van der Waals surface area contributed by atoms with E-state index in [1.54, 1.807) is 19.2 Å². The molecule has 27 heavy (non-hydrogen) atoms. The lowest BCUT2D eigenvalue weighted by molar-refractivity contribution is -0.135. The Balaban J connectivity index is 1.64. The molecule has 1 aromatic rings. The monoisotopic (exact) mass is 372 g/mol. The largest absolute Gasteiger partial charge is 0.355 e. The van der Waals surface area contributed by atoms with E-state index in [0.717, 1.165) is 31.2 Å². The Labute approximate surface area is 160 Å². The second kappa shape index (κ2) is 7.68. The number of carbonyl (C=O) groups is 3. The van der Waals surface area contributed by atoms with Crippen LogP contribution in [0.1, 0.15) is 48.5 Å². The summed E-state index contributed by atoms with van der Waals surface area (Å²) >= 11 is 0. The van der Waals surface area contributed by atoms with Gasteiger partial charge in [-0.25, -0.2) is 9.69 Å². The number of carbonyl (C=O) groups excluding carboxylic acids is 3. The minimum absolute atomic E-state index is 0.0958. The van der Waals surface area contributed by atoms with Crippen molar-refractivity contribution < 1.29 is 14.4 Å². The standard InChI is InChI=1S/C20H28N4O3/c1-14-6-4-5-11-20(14)18(26)24(19(27)22-20)13-23(3)12-15-7-9-16(10-8-15)17(25)21-2/h7-10,14H,4-6,11-13H2,1-3H3,(H,21,25)(H,22,27)/t14-,20+/m1/s1. The summed E-state index contributed by atoms with van der Waals surface area (Å²) in [6.07, 6.45) is 3.77. The second-order valence-corrected chi connectivity index (χ2v) is 7.71. The number of hydrogen-bond acceptors (Lipinski definition) is 4. The summed E-state index contributed by atoms with van der Waals surface area (Å²) in [4.78, 5) is 40.4. The van der Waals surface area contributed by atoms with Gasteiger partial charge in [-0.05, 0) is 43.5 Å². The Kier molecular flexibility index (Phi) is 5.51. The first-order chi connectivity index (χ1) is 12.9. The van der Waals surface area contributed by atoms with Crippen LogP contribution >= 0.6 is 0 Å². The van der Waals surface area contributed by atoms with E-state index in [2.05, 4.69) is 17.6 Å². The first-order valence-corrected chi connectivity index (χ1v) is 9.51. The molecule has 1 heterocycles. The lowest BCUT2D eigenvalue weighted by Gasteiger charge is -2.37. The quantitative estimate of drug-likeness (QED) is 0.774. The van der Waals surface area contributed by atoms with Crippen molar-refractivity contribution in [3.05, 3.63) is 35.4 Å². The molecule has 2 N–H and O–H groups in total. The van der Waals surface area contributed by atoms with E-state index in [0.29, 0.717) is 12.1 Å². The first-order valence-electron chi connectivity index (χ1n) is 9.51. The number of imide groups is 1. The van der Waals surface area contributed by atoms with Gasteiger partial charge in [0.15, 0.2) is 0 Å². The second-order valence-electron chi connectivity index (χ2n) is 7.71. The summed E-state index contributed by atoms with van der Waals surface area (Å²) in [6, 6.07) is 7.02. The van der Waals surface area contributed by atoms with Gasteiger partial charge in [0, 0.05) is 19.2 Å². The van der Waals surface area contributed by atoms with Crippen LogP contribution in [0.3, 0.4) is 0 Å². The molecule has 7 heteroatoms. The zero-order chi connectivity index (χ0) is 19.6. The number of nitrogens with one attached hydrogen (secondary N) is 2. The van der Waals surface area contributed by atoms with E-state index in [9.17, 15) is 14.4 Å². The number of nitrogens with zero attached hydrogens (tertiary/aromatic N) is 2. The van der Waals surface area contributed by atoms with Crippen molar-refractivity contribution in [1.82, 2.24) is 20.4 Å². The highest BCUT2D eigenvalue weighted by Crippen LogP contribution is 2.38. The molecule has 4 amide bonds. The molecule has 1 aromatic carbocycles. The van der Waals surface area contributed by atoms with Crippen LogP contribution in [0.5, 0.6) is 0 Å². The molecule has 1 saturated heterocycles. The van der Waals surface area contributed by atoms with Crippen LogP contribution in [0.25, 0.3) is 0 Å². The molecular formula is C20H28N4O3. The highest BCUT2D eigenvalue weighted by molar-refractivity contribution is 6.07. The van der Waals surface area contributed by atoms with E-state index < -0.39 is 5.54 Å². The fourth-order valence-electron chi connectivity index (χ4n) is 4.13. The normalized spacial score (nSPS) is 25.2. The summed E-state index contributed by atoms with van der Waals surface area (Å²) in [6.45, 7) is 2.88. The summed E-state index contributed by atoms with van der Waals surface area (Å²) in [7, 11) is 3.48. The van der Waals surface area contributed by atoms with Gasteiger partial charge in [-0.2, -0.15) is 0 Å². The van der Waals surface area contributed by atoms with Crippen molar-refractivity contribution >= 4 is 17.8 Å². The van der Waals surface area contributed by atoms with Crippen LogP contribution in [0.15, 0.2) is 24.3 Å². The van der Waals surface area contributed by atoms with E-state index in [4.69, 9.17) is 0 Å². The maximum atomic E-state index is 13.0. The van der Waals surface area contributed by atoms with Crippen LogP contribution in [-0.2, 0) is 11.3 Å². The lowest BCUT2D eigenvalue weighted by Crippen LogP contribution is -2.54. The molecular weight excluding hydrogens is 344 g/mol. The fourth-order valence-corrected chi connectivity index (χ4v) is 4.13. The summed E-state index contributed by atoms with van der Waals surface area (Å²) in [5, 5.41) is 5.57. The third kappa shape index (κ3) is 3.69.